The smallest absolute Gasteiger partial charge is 0.133 e. The highest BCUT2D eigenvalue weighted by molar-refractivity contribution is 5.42. The number of aliphatic hydroxyl groups is 1. The fourth-order valence-corrected chi connectivity index (χ4v) is 4.00. The molecule has 1 aliphatic rings. The van der Waals surface area contributed by atoms with Crippen LogP contribution >= 0.6 is 0 Å². The van der Waals surface area contributed by atoms with Gasteiger partial charge in [-0.2, -0.15) is 0 Å². The van der Waals surface area contributed by atoms with Crippen LogP contribution < -0.4 is 10.1 Å². The Morgan fingerprint density at radius 3 is 2.64 bits per heavy atom. The maximum absolute atomic E-state index is 13.2. The molecule has 4 nitrogen and oxygen atoms in total. The van der Waals surface area contributed by atoms with E-state index < -0.39 is 5.60 Å². The molecule has 0 bridgehead atoms. The molecule has 1 unspecified atom stereocenters. The van der Waals surface area contributed by atoms with Crippen molar-refractivity contribution in [3.05, 3.63) is 59.9 Å². The van der Waals surface area contributed by atoms with Crippen LogP contribution in [0.4, 0.5) is 4.39 Å². The van der Waals surface area contributed by atoms with Crippen molar-refractivity contribution in [1.29, 1.82) is 0 Å². The standard InChI is InChI=1S/C23H30FNO3/c1-27-16-5-4-14-23(26,18-7-6-15-25-17-18)21-8-2-3-9-22(21)28-20-12-10-19(24)11-13-20/h2-3,8-13,18,25-26H,4-7,14-17H2,1H3/t18?,23-/m0/s1. The highest BCUT2D eigenvalue weighted by atomic mass is 19.1. The Balaban J connectivity index is 1.88. The molecule has 3 rings (SSSR count). The number of halogens is 1. The minimum Gasteiger partial charge on any atom is -0.457 e. The van der Waals surface area contributed by atoms with Gasteiger partial charge in [-0.25, -0.2) is 4.39 Å². The van der Waals surface area contributed by atoms with E-state index in [2.05, 4.69) is 5.32 Å². The molecule has 0 aliphatic carbocycles. The average molecular weight is 387 g/mol. The minimum absolute atomic E-state index is 0.113. The van der Waals surface area contributed by atoms with E-state index >= 15 is 0 Å². The van der Waals surface area contributed by atoms with Gasteiger partial charge in [-0.05, 0) is 69.0 Å². The molecule has 28 heavy (non-hydrogen) atoms. The first-order valence-electron chi connectivity index (χ1n) is 10.1. The molecule has 0 radical (unpaired) electrons. The molecule has 5 heteroatoms. The maximum atomic E-state index is 13.2. The molecule has 152 valence electrons. The number of unbranched alkanes of at least 4 members (excludes halogenated alkanes) is 1. The second-order valence-electron chi connectivity index (χ2n) is 7.47. The fraction of sp³-hybridized carbons (Fsp3) is 0.478. The molecule has 0 spiro atoms. The predicted molar refractivity (Wildman–Crippen MR) is 108 cm³/mol. The van der Waals surface area contributed by atoms with Gasteiger partial charge < -0.3 is 19.9 Å². The van der Waals surface area contributed by atoms with Crippen LogP contribution in [0.15, 0.2) is 48.5 Å². The van der Waals surface area contributed by atoms with E-state index in [0.29, 0.717) is 24.5 Å². The zero-order chi connectivity index (χ0) is 19.8. The van der Waals surface area contributed by atoms with Crippen molar-refractivity contribution in [3.63, 3.8) is 0 Å². The van der Waals surface area contributed by atoms with Crippen LogP contribution in [0, 0.1) is 11.7 Å². The van der Waals surface area contributed by atoms with E-state index in [-0.39, 0.29) is 11.7 Å². The number of hydrogen-bond donors (Lipinski definition) is 2. The second kappa shape index (κ2) is 10.0. The molecule has 0 saturated carbocycles. The number of rotatable bonds is 9. The van der Waals surface area contributed by atoms with Gasteiger partial charge in [0.15, 0.2) is 0 Å². The number of piperidine rings is 1. The van der Waals surface area contributed by atoms with Crippen LogP contribution in [-0.2, 0) is 10.3 Å². The topological polar surface area (TPSA) is 50.7 Å². The molecule has 1 fully saturated rings. The summed E-state index contributed by atoms with van der Waals surface area (Å²) in [7, 11) is 1.70. The highest BCUT2D eigenvalue weighted by Gasteiger charge is 2.40. The summed E-state index contributed by atoms with van der Waals surface area (Å²) in [6, 6.07) is 13.6. The first-order valence-corrected chi connectivity index (χ1v) is 10.1. The van der Waals surface area contributed by atoms with Crippen molar-refractivity contribution in [2.24, 2.45) is 5.92 Å². The van der Waals surface area contributed by atoms with E-state index in [0.717, 1.165) is 44.3 Å². The average Bonchev–Trinajstić information content (AvgIpc) is 2.74. The van der Waals surface area contributed by atoms with Gasteiger partial charge in [-0.1, -0.05) is 18.2 Å². The lowest BCUT2D eigenvalue weighted by atomic mass is 9.74. The normalized spacial score (nSPS) is 19.2. The van der Waals surface area contributed by atoms with Crippen LogP contribution in [0.3, 0.4) is 0 Å². The third-order valence-corrected chi connectivity index (χ3v) is 5.52. The fourth-order valence-electron chi connectivity index (χ4n) is 4.00. The SMILES string of the molecule is COCCCC[C@@](O)(c1ccccc1Oc1ccc(F)cc1)C1CCCNC1. The summed E-state index contributed by atoms with van der Waals surface area (Å²) < 4.78 is 24.5. The molecule has 2 aromatic rings. The summed E-state index contributed by atoms with van der Waals surface area (Å²) >= 11 is 0. The minimum atomic E-state index is -0.988. The molecular formula is C23H30FNO3. The quantitative estimate of drug-likeness (QED) is 0.617. The first kappa shape index (κ1) is 20.8. The summed E-state index contributed by atoms with van der Waals surface area (Å²) in [5.74, 6) is 0.983. The number of nitrogens with one attached hydrogen (secondary N) is 1. The Labute approximate surface area is 166 Å². The van der Waals surface area contributed by atoms with Crippen LogP contribution in [-0.4, -0.2) is 31.9 Å². The second-order valence-corrected chi connectivity index (χ2v) is 7.47. The van der Waals surface area contributed by atoms with Crippen molar-refractivity contribution in [3.8, 4) is 11.5 Å². The summed E-state index contributed by atoms with van der Waals surface area (Å²) in [6.45, 7) is 2.46. The lowest BCUT2D eigenvalue weighted by molar-refractivity contribution is -0.0446. The summed E-state index contributed by atoms with van der Waals surface area (Å²) in [5.41, 5.74) is -0.192. The van der Waals surface area contributed by atoms with Crippen molar-refractivity contribution in [2.45, 2.75) is 37.7 Å². The van der Waals surface area contributed by atoms with Gasteiger partial charge in [0.05, 0.1) is 5.60 Å². The number of para-hydroxylation sites is 1. The molecule has 2 aromatic carbocycles. The van der Waals surface area contributed by atoms with E-state index in [1.165, 1.54) is 12.1 Å². The number of ether oxygens (including phenoxy) is 2. The largest absolute Gasteiger partial charge is 0.457 e. The van der Waals surface area contributed by atoms with Crippen molar-refractivity contribution in [2.75, 3.05) is 26.8 Å². The van der Waals surface area contributed by atoms with Crippen molar-refractivity contribution >= 4 is 0 Å². The summed E-state index contributed by atoms with van der Waals surface area (Å²) in [6.07, 6.45) is 4.43. The molecule has 2 N–H and O–H groups in total. The van der Waals surface area contributed by atoms with E-state index in [9.17, 15) is 9.50 Å². The molecule has 1 heterocycles. The Morgan fingerprint density at radius 2 is 1.93 bits per heavy atom. The molecule has 1 saturated heterocycles. The van der Waals surface area contributed by atoms with E-state index in [1.807, 2.05) is 24.3 Å². The number of hydrogen-bond acceptors (Lipinski definition) is 4. The zero-order valence-electron chi connectivity index (χ0n) is 16.5. The molecular weight excluding hydrogens is 357 g/mol. The van der Waals surface area contributed by atoms with Gasteiger partial charge in [0, 0.05) is 31.7 Å². The lowest BCUT2D eigenvalue weighted by Gasteiger charge is -2.40. The Hall–Kier alpha value is -1.95. The van der Waals surface area contributed by atoms with Crippen LogP contribution in [0.25, 0.3) is 0 Å². The summed E-state index contributed by atoms with van der Waals surface area (Å²) in [4.78, 5) is 0. The van der Waals surface area contributed by atoms with E-state index in [4.69, 9.17) is 9.47 Å². The highest BCUT2D eigenvalue weighted by Crippen LogP contribution is 2.43. The Bertz CT molecular complexity index is 731. The van der Waals surface area contributed by atoms with Gasteiger partial charge >= 0.3 is 0 Å². The van der Waals surface area contributed by atoms with Crippen molar-refractivity contribution < 1.29 is 19.0 Å². The van der Waals surface area contributed by atoms with Gasteiger partial charge in [0.1, 0.15) is 17.3 Å². The third kappa shape index (κ3) is 5.10. The number of benzene rings is 2. The van der Waals surface area contributed by atoms with Crippen molar-refractivity contribution in [1.82, 2.24) is 5.32 Å². The van der Waals surface area contributed by atoms with Crippen LogP contribution in [0.1, 0.15) is 37.7 Å². The Kier molecular flexibility index (Phi) is 7.43. The zero-order valence-corrected chi connectivity index (χ0v) is 16.5. The Morgan fingerprint density at radius 1 is 1.14 bits per heavy atom. The third-order valence-electron chi connectivity index (χ3n) is 5.52. The van der Waals surface area contributed by atoms with Crippen LogP contribution in [0.5, 0.6) is 11.5 Å². The molecule has 0 amide bonds. The van der Waals surface area contributed by atoms with Gasteiger partial charge in [-0.3, -0.25) is 0 Å². The van der Waals surface area contributed by atoms with Crippen LogP contribution in [0.2, 0.25) is 0 Å². The molecule has 2 atom stereocenters. The predicted octanol–water partition coefficient (Wildman–Crippen LogP) is 4.62. The molecule has 0 aromatic heterocycles. The van der Waals surface area contributed by atoms with Gasteiger partial charge in [0.2, 0.25) is 0 Å². The maximum Gasteiger partial charge on any atom is 0.133 e. The van der Waals surface area contributed by atoms with E-state index in [1.54, 1.807) is 19.2 Å². The lowest BCUT2D eigenvalue weighted by Crippen LogP contribution is -2.44. The number of methoxy groups -OCH3 is 1. The van der Waals surface area contributed by atoms with Gasteiger partial charge in [0.25, 0.3) is 0 Å². The first-order chi connectivity index (χ1) is 13.6. The monoisotopic (exact) mass is 387 g/mol. The summed E-state index contributed by atoms with van der Waals surface area (Å²) in [5, 5.41) is 15.3. The van der Waals surface area contributed by atoms with Gasteiger partial charge in [-0.15, -0.1) is 0 Å². The molecule has 1 aliphatic heterocycles.